The van der Waals surface area contributed by atoms with Crippen LogP contribution in [-0.4, -0.2) is 19.5 Å². The predicted molar refractivity (Wildman–Crippen MR) is 77.9 cm³/mol. The van der Waals surface area contributed by atoms with E-state index in [0.717, 1.165) is 0 Å². The summed E-state index contributed by atoms with van der Waals surface area (Å²) >= 11 is 0. The van der Waals surface area contributed by atoms with Crippen molar-refractivity contribution in [2.24, 2.45) is 5.18 Å². The minimum absolute atomic E-state index is 0.111. The summed E-state index contributed by atoms with van der Waals surface area (Å²) < 4.78 is 1.36. The van der Waals surface area contributed by atoms with Crippen LogP contribution in [0.5, 0.6) is 5.75 Å². The van der Waals surface area contributed by atoms with E-state index in [1.54, 1.807) is 24.4 Å². The molecule has 21 heavy (non-hydrogen) atoms. The Morgan fingerprint density at radius 3 is 2.90 bits per heavy atom. The summed E-state index contributed by atoms with van der Waals surface area (Å²) in [5, 5.41) is 13.9. The van der Waals surface area contributed by atoms with Crippen molar-refractivity contribution < 1.29 is 5.11 Å². The second-order valence-electron chi connectivity index (χ2n) is 4.66. The Kier molecular flexibility index (Phi) is 2.15. The molecule has 0 aliphatic carbocycles. The van der Waals surface area contributed by atoms with E-state index < -0.39 is 0 Å². The lowest BCUT2D eigenvalue weighted by Gasteiger charge is -2.00. The van der Waals surface area contributed by atoms with Gasteiger partial charge in [0.2, 0.25) is 0 Å². The molecule has 2 N–H and O–H groups in total. The zero-order valence-corrected chi connectivity index (χ0v) is 10.6. The fraction of sp³-hybridized carbons (Fsp3) is 0. The number of hydrogen-bond acceptors (Lipinski definition) is 5. The molecule has 4 rings (SSSR count). The van der Waals surface area contributed by atoms with Crippen LogP contribution in [0, 0.1) is 4.91 Å². The number of hydrogen-bond donors (Lipinski definition) is 2. The van der Waals surface area contributed by atoms with Crippen LogP contribution >= 0.6 is 0 Å². The van der Waals surface area contributed by atoms with E-state index in [-0.39, 0.29) is 22.6 Å². The summed E-state index contributed by atoms with van der Waals surface area (Å²) in [4.78, 5) is 30.2. The molecular weight excluding hydrogens is 272 g/mol. The molecule has 0 amide bonds. The molecule has 3 aromatic heterocycles. The van der Waals surface area contributed by atoms with Crippen molar-refractivity contribution in [3.05, 3.63) is 51.8 Å². The third-order valence-corrected chi connectivity index (χ3v) is 3.51. The highest BCUT2D eigenvalue weighted by Gasteiger charge is 2.16. The van der Waals surface area contributed by atoms with Crippen LogP contribution in [0.25, 0.3) is 27.6 Å². The highest BCUT2D eigenvalue weighted by atomic mass is 16.3. The SMILES string of the molecule is O=Nc1ccc2c(c1)c(O)c1[nH]c3ncccc3c(=O)n12. The molecule has 1 aromatic carbocycles. The van der Waals surface area contributed by atoms with Crippen LogP contribution in [0.4, 0.5) is 5.69 Å². The van der Waals surface area contributed by atoms with Crippen molar-refractivity contribution in [2.75, 3.05) is 0 Å². The quantitative estimate of drug-likeness (QED) is 0.523. The summed E-state index contributed by atoms with van der Waals surface area (Å²) in [7, 11) is 0. The molecule has 102 valence electrons. The van der Waals surface area contributed by atoms with Gasteiger partial charge in [-0.15, -0.1) is 4.91 Å². The maximum Gasteiger partial charge on any atom is 0.267 e. The van der Waals surface area contributed by atoms with Crippen LogP contribution in [0.3, 0.4) is 0 Å². The van der Waals surface area contributed by atoms with Crippen LogP contribution in [0.2, 0.25) is 0 Å². The van der Waals surface area contributed by atoms with E-state index in [2.05, 4.69) is 15.1 Å². The molecule has 4 aromatic rings. The van der Waals surface area contributed by atoms with E-state index in [9.17, 15) is 14.8 Å². The molecule has 7 heteroatoms. The molecule has 7 nitrogen and oxygen atoms in total. The van der Waals surface area contributed by atoms with Crippen molar-refractivity contribution in [3.63, 3.8) is 0 Å². The number of rotatable bonds is 1. The first-order valence-electron chi connectivity index (χ1n) is 6.18. The Morgan fingerprint density at radius 2 is 2.10 bits per heavy atom. The van der Waals surface area contributed by atoms with Gasteiger partial charge >= 0.3 is 0 Å². The highest BCUT2D eigenvalue weighted by Crippen LogP contribution is 2.33. The van der Waals surface area contributed by atoms with Crippen LogP contribution in [0.15, 0.2) is 46.5 Å². The lowest BCUT2D eigenvalue weighted by molar-refractivity contribution is 0.486. The molecule has 0 radical (unpaired) electrons. The van der Waals surface area contributed by atoms with Gasteiger partial charge in [-0.2, -0.15) is 0 Å². The second kappa shape index (κ2) is 3.89. The summed E-state index contributed by atoms with van der Waals surface area (Å²) in [5.74, 6) is -0.111. The van der Waals surface area contributed by atoms with Crippen molar-refractivity contribution in [2.45, 2.75) is 0 Å². The number of nitrogens with zero attached hydrogens (tertiary/aromatic N) is 3. The average molecular weight is 280 g/mol. The highest BCUT2D eigenvalue weighted by molar-refractivity contribution is 5.97. The van der Waals surface area contributed by atoms with E-state index in [1.165, 1.54) is 16.5 Å². The zero-order valence-electron chi connectivity index (χ0n) is 10.6. The smallest absolute Gasteiger partial charge is 0.267 e. The van der Waals surface area contributed by atoms with Gasteiger partial charge in [-0.05, 0) is 35.5 Å². The van der Waals surface area contributed by atoms with E-state index in [1.807, 2.05) is 0 Å². The van der Waals surface area contributed by atoms with Gasteiger partial charge in [-0.25, -0.2) is 4.98 Å². The summed E-state index contributed by atoms with van der Waals surface area (Å²) in [6.07, 6.45) is 1.56. The molecule has 3 heterocycles. The average Bonchev–Trinajstić information content (AvgIpc) is 2.80. The van der Waals surface area contributed by atoms with Gasteiger partial charge in [-0.3, -0.25) is 9.20 Å². The van der Waals surface area contributed by atoms with Crippen molar-refractivity contribution in [3.8, 4) is 5.75 Å². The van der Waals surface area contributed by atoms with Crippen LogP contribution in [0.1, 0.15) is 0 Å². The molecule has 0 aliphatic rings. The van der Waals surface area contributed by atoms with Gasteiger partial charge in [0.05, 0.1) is 10.9 Å². The molecule has 0 fully saturated rings. The van der Waals surface area contributed by atoms with Crippen molar-refractivity contribution in [1.29, 1.82) is 0 Å². The standard InChI is InChI=1S/C14H8N4O3/c19-11-9-6-7(17-21)3-4-10(9)18-13(11)16-12-8(14(18)20)2-1-5-15-12/h1-6,19H,(H,15,16). The van der Waals surface area contributed by atoms with Gasteiger partial charge < -0.3 is 10.1 Å². The number of fused-ring (bicyclic) bond motifs is 4. The maximum absolute atomic E-state index is 12.6. The minimum atomic E-state index is -0.288. The third-order valence-electron chi connectivity index (χ3n) is 3.51. The van der Waals surface area contributed by atoms with Crippen molar-refractivity contribution in [1.82, 2.24) is 14.4 Å². The minimum Gasteiger partial charge on any atom is -0.504 e. The molecule has 0 bridgehead atoms. The number of nitrogens with one attached hydrogen (secondary N) is 1. The number of pyridine rings is 1. The Labute approximate surface area is 116 Å². The van der Waals surface area contributed by atoms with Gasteiger partial charge in [0.15, 0.2) is 11.4 Å². The number of H-pyrrole nitrogens is 1. The Hall–Kier alpha value is -3.22. The summed E-state index contributed by atoms with van der Waals surface area (Å²) in [5.41, 5.74) is 1.03. The van der Waals surface area contributed by atoms with E-state index in [4.69, 9.17) is 0 Å². The van der Waals surface area contributed by atoms with E-state index >= 15 is 0 Å². The molecule has 0 saturated heterocycles. The monoisotopic (exact) mass is 280 g/mol. The fourth-order valence-electron chi connectivity index (χ4n) is 2.56. The van der Waals surface area contributed by atoms with Crippen molar-refractivity contribution >= 4 is 33.3 Å². The second-order valence-corrected chi connectivity index (χ2v) is 4.66. The Bertz CT molecular complexity index is 1090. The molecule has 0 aliphatic heterocycles. The molecule has 0 saturated carbocycles. The zero-order chi connectivity index (χ0) is 14.6. The summed E-state index contributed by atoms with van der Waals surface area (Å²) in [6.45, 7) is 0. The summed E-state index contributed by atoms with van der Waals surface area (Å²) in [6, 6.07) is 7.84. The fourth-order valence-corrected chi connectivity index (χ4v) is 2.56. The molecule has 0 unspecified atom stereocenters. The number of aromatic hydroxyl groups is 1. The molecular formula is C14H8N4O3. The third kappa shape index (κ3) is 1.42. The number of aromatic nitrogens is 3. The topological polar surface area (TPSA) is 99.8 Å². The maximum atomic E-state index is 12.6. The Morgan fingerprint density at radius 1 is 1.24 bits per heavy atom. The lowest BCUT2D eigenvalue weighted by Crippen LogP contribution is -2.14. The normalized spacial score (nSPS) is 11.4. The number of benzene rings is 1. The molecule has 0 spiro atoms. The first-order chi connectivity index (χ1) is 10.2. The number of aromatic amines is 1. The predicted octanol–water partition coefficient (Wildman–Crippen LogP) is 2.43. The molecule has 0 atom stereocenters. The number of nitroso groups, excluding NO2 is 1. The first-order valence-corrected chi connectivity index (χ1v) is 6.18. The Balaban J connectivity index is 2.33. The van der Waals surface area contributed by atoms with Crippen LogP contribution < -0.4 is 5.56 Å². The largest absolute Gasteiger partial charge is 0.504 e. The van der Waals surface area contributed by atoms with Gasteiger partial charge in [0, 0.05) is 11.6 Å². The first kappa shape index (κ1) is 11.6. The van der Waals surface area contributed by atoms with Crippen LogP contribution in [-0.2, 0) is 0 Å². The van der Waals surface area contributed by atoms with Gasteiger partial charge in [0.1, 0.15) is 11.3 Å². The van der Waals surface area contributed by atoms with Gasteiger partial charge in [0.25, 0.3) is 5.56 Å². The lowest BCUT2D eigenvalue weighted by atomic mass is 10.2. The van der Waals surface area contributed by atoms with Gasteiger partial charge in [-0.1, -0.05) is 0 Å². The van der Waals surface area contributed by atoms with E-state index in [0.29, 0.717) is 21.9 Å².